The highest BCUT2D eigenvalue weighted by atomic mass is 19.1. The van der Waals surface area contributed by atoms with E-state index in [2.05, 4.69) is 16.9 Å². The molecule has 1 atom stereocenters. The number of hydrogen-bond acceptors (Lipinski definition) is 2. The van der Waals surface area contributed by atoms with Crippen LogP contribution in [0.2, 0.25) is 0 Å². The Morgan fingerprint density at radius 1 is 1.50 bits per heavy atom. The van der Waals surface area contributed by atoms with Gasteiger partial charge in [0.05, 0.1) is 0 Å². The molecule has 1 aromatic heterocycles. The molecule has 2 aromatic rings. The summed E-state index contributed by atoms with van der Waals surface area (Å²) >= 11 is 0. The quantitative estimate of drug-likeness (QED) is 0.916. The first-order valence-corrected chi connectivity index (χ1v) is 8.61. The van der Waals surface area contributed by atoms with Crippen LogP contribution in [0.3, 0.4) is 0 Å². The molecule has 1 amide bonds. The SMILES string of the molecule is CC(CC(=O)N1CC2CC1(c1ncc[nH]1)C2)Cc1cccc(F)c1. The van der Waals surface area contributed by atoms with Crippen molar-refractivity contribution in [2.45, 2.75) is 38.1 Å². The Balaban J connectivity index is 1.43. The number of aromatic amines is 1. The first kappa shape index (κ1) is 15.4. The van der Waals surface area contributed by atoms with Crippen LogP contribution in [-0.4, -0.2) is 27.3 Å². The fourth-order valence-electron chi connectivity index (χ4n) is 4.41. The average Bonchev–Trinajstić information content (AvgIpc) is 3.20. The van der Waals surface area contributed by atoms with Crippen molar-refractivity contribution in [3.63, 3.8) is 0 Å². The molecule has 3 heterocycles. The number of H-pyrrole nitrogens is 1. The Kier molecular flexibility index (Phi) is 3.66. The van der Waals surface area contributed by atoms with E-state index in [-0.39, 0.29) is 23.2 Å². The zero-order valence-electron chi connectivity index (χ0n) is 13.8. The monoisotopic (exact) mass is 327 g/mol. The van der Waals surface area contributed by atoms with Crippen LogP contribution in [0.15, 0.2) is 36.7 Å². The number of aromatic nitrogens is 2. The lowest BCUT2D eigenvalue weighted by atomic mass is 9.72. The molecule has 2 saturated heterocycles. The maximum Gasteiger partial charge on any atom is 0.223 e. The standard InChI is InChI=1S/C19H22FN3O/c1-13(7-14-3-2-4-16(20)9-14)8-17(24)23-12-15-10-19(23,11-15)18-21-5-6-22-18/h2-6,9,13,15H,7-8,10-12H2,1H3,(H,21,22). The molecule has 1 unspecified atom stereocenters. The second-order valence-corrected chi connectivity index (χ2v) is 7.39. The van der Waals surface area contributed by atoms with E-state index in [1.165, 1.54) is 6.07 Å². The zero-order chi connectivity index (χ0) is 16.7. The molecule has 1 N–H and O–H groups in total. The molecular weight excluding hydrogens is 305 g/mol. The van der Waals surface area contributed by atoms with Gasteiger partial charge in [0.2, 0.25) is 5.91 Å². The highest BCUT2D eigenvalue weighted by molar-refractivity contribution is 5.78. The Hall–Kier alpha value is -2.17. The minimum atomic E-state index is -0.219. The Bertz CT molecular complexity index is 737. The van der Waals surface area contributed by atoms with Crippen molar-refractivity contribution in [2.24, 2.45) is 11.8 Å². The summed E-state index contributed by atoms with van der Waals surface area (Å²) in [7, 11) is 0. The normalized spacial score (nSPS) is 26.2. The van der Waals surface area contributed by atoms with Crippen LogP contribution in [0, 0.1) is 17.7 Å². The summed E-state index contributed by atoms with van der Waals surface area (Å²) in [4.78, 5) is 22.5. The number of benzene rings is 1. The predicted molar refractivity (Wildman–Crippen MR) is 88.6 cm³/mol. The summed E-state index contributed by atoms with van der Waals surface area (Å²) in [5.74, 6) is 1.68. The number of nitrogens with one attached hydrogen (secondary N) is 1. The molecule has 1 aliphatic carbocycles. The molecule has 4 nitrogen and oxygen atoms in total. The molecular formula is C19H22FN3O. The molecule has 5 heteroatoms. The van der Waals surface area contributed by atoms with Crippen molar-refractivity contribution in [3.8, 4) is 0 Å². The number of amides is 1. The molecule has 24 heavy (non-hydrogen) atoms. The highest BCUT2D eigenvalue weighted by Crippen LogP contribution is 2.56. The predicted octanol–water partition coefficient (Wildman–Crippen LogP) is 3.27. The lowest BCUT2D eigenvalue weighted by Gasteiger charge is -2.40. The molecule has 3 fully saturated rings. The lowest BCUT2D eigenvalue weighted by molar-refractivity contribution is -0.136. The number of fused-ring (bicyclic) bond motifs is 1. The highest BCUT2D eigenvalue weighted by Gasteiger charge is 2.60. The van der Waals surface area contributed by atoms with Crippen molar-refractivity contribution in [1.29, 1.82) is 0 Å². The number of imidazole rings is 1. The summed E-state index contributed by atoms with van der Waals surface area (Å²) in [6.07, 6.45) is 6.82. The molecule has 2 aliphatic heterocycles. The van der Waals surface area contributed by atoms with Gasteiger partial charge < -0.3 is 9.88 Å². The smallest absolute Gasteiger partial charge is 0.223 e. The third-order valence-corrected chi connectivity index (χ3v) is 5.45. The van der Waals surface area contributed by atoms with E-state index in [4.69, 9.17) is 0 Å². The van der Waals surface area contributed by atoms with Gasteiger partial charge in [-0.1, -0.05) is 19.1 Å². The summed E-state index contributed by atoms with van der Waals surface area (Å²) < 4.78 is 13.3. The van der Waals surface area contributed by atoms with Gasteiger partial charge in [-0.2, -0.15) is 0 Å². The van der Waals surface area contributed by atoms with Crippen LogP contribution in [0.1, 0.15) is 37.6 Å². The zero-order valence-corrected chi connectivity index (χ0v) is 13.8. The van der Waals surface area contributed by atoms with Crippen LogP contribution >= 0.6 is 0 Å². The minimum absolute atomic E-state index is 0.186. The molecule has 1 aromatic carbocycles. The van der Waals surface area contributed by atoms with E-state index in [1.54, 1.807) is 18.3 Å². The number of hydrogen-bond donors (Lipinski definition) is 1. The van der Waals surface area contributed by atoms with Gasteiger partial charge in [0, 0.05) is 25.4 Å². The van der Waals surface area contributed by atoms with Gasteiger partial charge >= 0.3 is 0 Å². The number of halogens is 1. The van der Waals surface area contributed by atoms with E-state index in [0.29, 0.717) is 18.8 Å². The van der Waals surface area contributed by atoms with E-state index in [0.717, 1.165) is 30.8 Å². The second-order valence-electron chi connectivity index (χ2n) is 7.39. The minimum Gasteiger partial charge on any atom is -0.347 e. The first-order valence-electron chi connectivity index (χ1n) is 8.61. The van der Waals surface area contributed by atoms with Crippen molar-refractivity contribution >= 4 is 5.91 Å². The third kappa shape index (κ3) is 2.52. The van der Waals surface area contributed by atoms with Crippen molar-refractivity contribution in [3.05, 3.63) is 53.9 Å². The fourth-order valence-corrected chi connectivity index (χ4v) is 4.41. The number of carbonyl (C=O) groups is 1. The van der Waals surface area contributed by atoms with E-state index in [9.17, 15) is 9.18 Å². The van der Waals surface area contributed by atoms with Gasteiger partial charge in [-0.3, -0.25) is 4.79 Å². The Labute approximate surface area is 141 Å². The summed E-state index contributed by atoms with van der Waals surface area (Å²) in [6.45, 7) is 2.90. The largest absolute Gasteiger partial charge is 0.347 e. The maximum atomic E-state index is 13.3. The Morgan fingerprint density at radius 2 is 2.33 bits per heavy atom. The van der Waals surface area contributed by atoms with Crippen LogP contribution in [0.5, 0.6) is 0 Å². The lowest BCUT2D eigenvalue weighted by Crippen LogP contribution is -2.46. The third-order valence-electron chi connectivity index (χ3n) is 5.45. The molecule has 5 rings (SSSR count). The number of nitrogens with zero attached hydrogens (tertiary/aromatic N) is 2. The van der Waals surface area contributed by atoms with Gasteiger partial charge in [-0.25, -0.2) is 9.37 Å². The van der Waals surface area contributed by atoms with Crippen LogP contribution in [0.4, 0.5) is 4.39 Å². The van der Waals surface area contributed by atoms with Gasteiger partial charge in [0.15, 0.2) is 0 Å². The van der Waals surface area contributed by atoms with E-state index < -0.39 is 0 Å². The summed E-state index contributed by atoms with van der Waals surface area (Å²) in [6, 6.07) is 6.64. The van der Waals surface area contributed by atoms with Gasteiger partial charge in [-0.05, 0) is 48.8 Å². The van der Waals surface area contributed by atoms with Gasteiger partial charge in [-0.15, -0.1) is 0 Å². The topological polar surface area (TPSA) is 49.0 Å². The molecule has 2 bridgehead atoms. The number of rotatable bonds is 5. The van der Waals surface area contributed by atoms with E-state index in [1.807, 2.05) is 17.2 Å². The number of carbonyl (C=O) groups excluding carboxylic acids is 1. The average molecular weight is 327 g/mol. The molecule has 1 saturated carbocycles. The van der Waals surface area contributed by atoms with Crippen molar-refractivity contribution in [2.75, 3.05) is 6.54 Å². The van der Waals surface area contributed by atoms with Crippen LogP contribution in [-0.2, 0) is 16.8 Å². The van der Waals surface area contributed by atoms with Gasteiger partial charge in [0.1, 0.15) is 17.2 Å². The van der Waals surface area contributed by atoms with Crippen molar-refractivity contribution < 1.29 is 9.18 Å². The first-order chi connectivity index (χ1) is 11.6. The van der Waals surface area contributed by atoms with Gasteiger partial charge in [0.25, 0.3) is 0 Å². The molecule has 0 radical (unpaired) electrons. The second kappa shape index (κ2) is 5.72. The summed E-state index contributed by atoms with van der Waals surface area (Å²) in [5, 5.41) is 0. The Morgan fingerprint density at radius 3 is 3.04 bits per heavy atom. The molecule has 3 aliphatic rings. The summed E-state index contributed by atoms with van der Waals surface area (Å²) in [5.41, 5.74) is 0.742. The molecule has 126 valence electrons. The van der Waals surface area contributed by atoms with Crippen molar-refractivity contribution in [1.82, 2.24) is 14.9 Å². The van der Waals surface area contributed by atoms with Crippen LogP contribution < -0.4 is 0 Å². The maximum absolute atomic E-state index is 13.3. The fraction of sp³-hybridized carbons (Fsp3) is 0.474. The van der Waals surface area contributed by atoms with Crippen LogP contribution in [0.25, 0.3) is 0 Å². The molecule has 0 spiro atoms. The van der Waals surface area contributed by atoms with E-state index >= 15 is 0 Å².